The molecule has 1 aromatic carbocycles. The normalized spacial score (nSPS) is 26.4. The van der Waals surface area contributed by atoms with E-state index in [0.29, 0.717) is 43.3 Å². The second kappa shape index (κ2) is 10.5. The second-order valence-corrected chi connectivity index (χ2v) is 10.4. The van der Waals surface area contributed by atoms with Gasteiger partial charge in [-0.05, 0) is 84.8 Å². The quantitative estimate of drug-likeness (QED) is 0.399. The zero-order valence-corrected chi connectivity index (χ0v) is 21.1. The molecule has 1 aliphatic heterocycles. The Morgan fingerprint density at radius 3 is 2.53 bits per heavy atom. The lowest BCUT2D eigenvalue weighted by atomic mass is 9.68. The summed E-state index contributed by atoms with van der Waals surface area (Å²) in [6.07, 6.45) is 0.289. The molecular formula is C25H28BrF3N4O3. The van der Waals surface area contributed by atoms with Gasteiger partial charge in [0.05, 0.1) is 23.2 Å². The predicted octanol–water partition coefficient (Wildman–Crippen LogP) is 3.52. The number of aromatic nitrogens is 1. The van der Waals surface area contributed by atoms with Crippen LogP contribution in [0.25, 0.3) is 0 Å². The van der Waals surface area contributed by atoms with Crippen molar-refractivity contribution in [2.75, 3.05) is 19.6 Å². The third-order valence-corrected chi connectivity index (χ3v) is 7.77. The Morgan fingerprint density at radius 2 is 1.92 bits per heavy atom. The van der Waals surface area contributed by atoms with Crippen LogP contribution in [0, 0.1) is 5.92 Å². The molecule has 0 radical (unpaired) electrons. The van der Waals surface area contributed by atoms with Crippen LogP contribution in [0.4, 0.5) is 13.2 Å². The summed E-state index contributed by atoms with van der Waals surface area (Å²) in [6.45, 7) is 0.954. The van der Waals surface area contributed by atoms with Crippen LogP contribution in [0.15, 0.2) is 47.2 Å². The van der Waals surface area contributed by atoms with E-state index in [1.807, 2.05) is 6.07 Å². The van der Waals surface area contributed by atoms with Gasteiger partial charge >= 0.3 is 6.18 Å². The number of halogens is 4. The second-order valence-electron chi connectivity index (χ2n) is 9.57. The lowest BCUT2D eigenvalue weighted by Gasteiger charge is -2.44. The van der Waals surface area contributed by atoms with Crippen molar-refractivity contribution in [3.8, 4) is 0 Å². The topological polar surface area (TPSA) is 103 Å². The van der Waals surface area contributed by atoms with Crippen LogP contribution in [0.3, 0.4) is 0 Å². The SMILES string of the molecule is O=C(CNC(=O)c1cccc(C(F)(F)F)c1)N[C@@]1(C2CCC(O)(c3ccc(Br)nc3)CC2)CCNC1. The largest absolute Gasteiger partial charge is 0.416 e. The number of carbonyl (C=O) groups is 2. The van der Waals surface area contributed by atoms with Crippen molar-refractivity contribution in [3.05, 3.63) is 63.9 Å². The van der Waals surface area contributed by atoms with E-state index in [-0.39, 0.29) is 18.0 Å². The minimum absolute atomic E-state index is 0.124. The molecule has 4 rings (SSSR count). The van der Waals surface area contributed by atoms with Crippen molar-refractivity contribution in [2.24, 2.45) is 5.92 Å². The maximum absolute atomic E-state index is 12.9. The van der Waals surface area contributed by atoms with Gasteiger partial charge in [-0.3, -0.25) is 9.59 Å². The molecule has 7 nitrogen and oxygen atoms in total. The smallest absolute Gasteiger partial charge is 0.385 e. The number of carbonyl (C=O) groups excluding carboxylic acids is 2. The van der Waals surface area contributed by atoms with E-state index in [1.54, 1.807) is 12.3 Å². The van der Waals surface area contributed by atoms with Crippen molar-refractivity contribution in [1.29, 1.82) is 0 Å². The molecule has 194 valence electrons. The molecule has 1 aliphatic carbocycles. The number of pyridine rings is 1. The van der Waals surface area contributed by atoms with Gasteiger partial charge in [0.2, 0.25) is 5.91 Å². The number of aliphatic hydroxyl groups is 1. The fourth-order valence-electron chi connectivity index (χ4n) is 5.28. The molecule has 1 saturated carbocycles. The minimum atomic E-state index is -4.56. The van der Waals surface area contributed by atoms with Crippen LogP contribution >= 0.6 is 15.9 Å². The summed E-state index contributed by atoms with van der Waals surface area (Å²) in [5.74, 6) is -1.03. The van der Waals surface area contributed by atoms with Gasteiger partial charge in [0.15, 0.2) is 0 Å². The van der Waals surface area contributed by atoms with Crippen LogP contribution in [-0.4, -0.2) is 47.1 Å². The Bertz CT molecular complexity index is 1100. The maximum Gasteiger partial charge on any atom is 0.416 e. The summed E-state index contributed by atoms with van der Waals surface area (Å²) in [6, 6.07) is 7.74. The standard InChI is InChI=1S/C25H28BrF3N4O3/c26-20-5-4-19(13-31-20)24(36)8-6-17(7-9-24)23(10-11-30-15-23)33-21(34)14-32-22(35)16-2-1-3-18(12-16)25(27,28)29/h1-5,12-13,17,30,36H,6-11,14-15H2,(H,32,35)(H,33,34)/t17?,23-,24?/m0/s1. The fourth-order valence-corrected chi connectivity index (χ4v) is 5.51. The zero-order chi connectivity index (χ0) is 26.0. The summed E-state index contributed by atoms with van der Waals surface area (Å²) in [5.41, 5.74) is -1.81. The molecule has 4 N–H and O–H groups in total. The highest BCUT2D eigenvalue weighted by Crippen LogP contribution is 2.44. The number of hydrogen-bond acceptors (Lipinski definition) is 5. The van der Waals surface area contributed by atoms with Crippen LogP contribution in [0.5, 0.6) is 0 Å². The summed E-state index contributed by atoms with van der Waals surface area (Å²) < 4.78 is 39.5. The molecule has 1 atom stereocenters. The van der Waals surface area contributed by atoms with Crippen molar-refractivity contribution in [2.45, 2.75) is 49.4 Å². The molecule has 2 fully saturated rings. The molecule has 2 heterocycles. The third-order valence-electron chi connectivity index (χ3n) is 7.30. The number of amides is 2. The minimum Gasteiger partial charge on any atom is -0.385 e. The van der Waals surface area contributed by atoms with Gasteiger partial charge in [-0.25, -0.2) is 4.98 Å². The first kappa shape index (κ1) is 26.6. The molecule has 2 amide bonds. The Kier molecular flexibility index (Phi) is 7.72. The summed E-state index contributed by atoms with van der Waals surface area (Å²) in [7, 11) is 0. The number of rotatable bonds is 6. The molecule has 0 bridgehead atoms. The van der Waals surface area contributed by atoms with E-state index in [4.69, 9.17) is 0 Å². The van der Waals surface area contributed by atoms with E-state index in [9.17, 15) is 27.9 Å². The molecule has 2 aliphatic rings. The van der Waals surface area contributed by atoms with E-state index >= 15 is 0 Å². The van der Waals surface area contributed by atoms with Gasteiger partial charge < -0.3 is 21.1 Å². The van der Waals surface area contributed by atoms with Crippen molar-refractivity contribution >= 4 is 27.7 Å². The van der Waals surface area contributed by atoms with E-state index in [0.717, 1.165) is 30.3 Å². The number of nitrogens with zero attached hydrogens (tertiary/aromatic N) is 1. The molecule has 2 aromatic rings. The van der Waals surface area contributed by atoms with E-state index in [2.05, 4.69) is 36.9 Å². The van der Waals surface area contributed by atoms with Gasteiger partial charge in [-0.1, -0.05) is 12.1 Å². The van der Waals surface area contributed by atoms with Crippen LogP contribution in [0.1, 0.15) is 53.6 Å². The number of alkyl halides is 3. The Labute approximate surface area is 215 Å². The molecule has 0 spiro atoms. The molecular weight excluding hydrogens is 541 g/mol. The van der Waals surface area contributed by atoms with Crippen molar-refractivity contribution in [3.63, 3.8) is 0 Å². The maximum atomic E-state index is 12.9. The molecule has 36 heavy (non-hydrogen) atoms. The van der Waals surface area contributed by atoms with Crippen LogP contribution in [-0.2, 0) is 16.6 Å². The number of benzene rings is 1. The van der Waals surface area contributed by atoms with Crippen LogP contribution in [0.2, 0.25) is 0 Å². The highest BCUT2D eigenvalue weighted by Gasteiger charge is 2.46. The van der Waals surface area contributed by atoms with Gasteiger partial charge in [-0.2, -0.15) is 13.2 Å². The highest BCUT2D eigenvalue weighted by atomic mass is 79.9. The third kappa shape index (κ3) is 5.90. The van der Waals surface area contributed by atoms with Gasteiger partial charge in [0.1, 0.15) is 4.60 Å². The summed E-state index contributed by atoms with van der Waals surface area (Å²) in [5, 5.41) is 20.0. The molecule has 1 aromatic heterocycles. The summed E-state index contributed by atoms with van der Waals surface area (Å²) in [4.78, 5) is 29.4. The first-order valence-corrected chi connectivity index (χ1v) is 12.6. The monoisotopic (exact) mass is 568 g/mol. The first-order chi connectivity index (χ1) is 17.0. The molecule has 11 heteroatoms. The predicted molar refractivity (Wildman–Crippen MR) is 130 cm³/mol. The number of nitrogens with one attached hydrogen (secondary N) is 3. The van der Waals surface area contributed by atoms with Crippen LogP contribution < -0.4 is 16.0 Å². The Hall–Kier alpha value is -2.50. The van der Waals surface area contributed by atoms with E-state index < -0.39 is 34.7 Å². The zero-order valence-electron chi connectivity index (χ0n) is 19.5. The Morgan fingerprint density at radius 1 is 1.17 bits per heavy atom. The lowest BCUT2D eigenvalue weighted by molar-refractivity contribution is -0.137. The molecule has 1 saturated heterocycles. The molecule has 0 unspecified atom stereocenters. The average Bonchev–Trinajstić information content (AvgIpc) is 3.32. The number of hydrogen-bond donors (Lipinski definition) is 4. The highest BCUT2D eigenvalue weighted by molar-refractivity contribution is 9.10. The summed E-state index contributed by atoms with van der Waals surface area (Å²) >= 11 is 3.31. The van der Waals surface area contributed by atoms with E-state index in [1.165, 1.54) is 6.07 Å². The average molecular weight is 569 g/mol. The fraction of sp³-hybridized carbons (Fsp3) is 0.480. The van der Waals surface area contributed by atoms with Crippen molar-refractivity contribution < 1.29 is 27.9 Å². The first-order valence-electron chi connectivity index (χ1n) is 11.8. The van der Waals surface area contributed by atoms with Gasteiger partial charge in [0.25, 0.3) is 5.91 Å². The van der Waals surface area contributed by atoms with Gasteiger partial charge in [-0.15, -0.1) is 0 Å². The lowest BCUT2D eigenvalue weighted by Crippen LogP contribution is -2.58. The Balaban J connectivity index is 1.36. The van der Waals surface area contributed by atoms with Gasteiger partial charge in [0, 0.05) is 23.9 Å². The van der Waals surface area contributed by atoms with Crippen molar-refractivity contribution in [1.82, 2.24) is 20.9 Å².